The van der Waals surface area contributed by atoms with Gasteiger partial charge in [0.15, 0.2) is 0 Å². The van der Waals surface area contributed by atoms with Crippen LogP contribution in [0, 0.1) is 5.82 Å². The molecule has 9 nitrogen and oxygen atoms in total. The SMILES string of the molecule is NC(CCC(=O)NC(CSSC1CCN(Cc2ccccc2F)C/C1=C/C=O)C(=O)O)C(=O)O. The summed E-state index contributed by atoms with van der Waals surface area (Å²) in [7, 11) is 2.70. The molecule has 1 amide bonds. The second kappa shape index (κ2) is 14.1. The average Bonchev–Trinajstić information content (AvgIpc) is 2.79. The highest BCUT2D eigenvalue weighted by molar-refractivity contribution is 8.77. The van der Waals surface area contributed by atoms with E-state index < -0.39 is 29.9 Å². The Morgan fingerprint density at radius 3 is 2.65 bits per heavy atom. The van der Waals surface area contributed by atoms with Crippen LogP contribution < -0.4 is 11.1 Å². The molecule has 0 spiro atoms. The van der Waals surface area contributed by atoms with Gasteiger partial charge in [0.25, 0.3) is 0 Å². The van der Waals surface area contributed by atoms with Crippen LogP contribution >= 0.6 is 21.6 Å². The van der Waals surface area contributed by atoms with Crippen molar-refractivity contribution in [3.63, 3.8) is 0 Å². The van der Waals surface area contributed by atoms with Gasteiger partial charge in [-0.05, 0) is 30.6 Å². The fraction of sp³-hybridized carbons (Fsp3) is 0.455. The third kappa shape index (κ3) is 9.09. The van der Waals surface area contributed by atoms with Crippen LogP contribution in [0.4, 0.5) is 4.39 Å². The van der Waals surface area contributed by atoms with E-state index in [9.17, 15) is 28.7 Å². The van der Waals surface area contributed by atoms with E-state index in [0.29, 0.717) is 37.9 Å². The fourth-order valence-corrected chi connectivity index (χ4v) is 6.20. The largest absolute Gasteiger partial charge is 0.480 e. The Balaban J connectivity index is 1.85. The zero-order valence-corrected chi connectivity index (χ0v) is 20.0. The van der Waals surface area contributed by atoms with E-state index >= 15 is 0 Å². The molecule has 1 aromatic carbocycles. The molecule has 1 saturated heterocycles. The average molecular weight is 514 g/mol. The summed E-state index contributed by atoms with van der Waals surface area (Å²) in [5.41, 5.74) is 6.81. The van der Waals surface area contributed by atoms with Gasteiger partial charge in [0.2, 0.25) is 5.91 Å². The maximum atomic E-state index is 14.0. The van der Waals surface area contributed by atoms with Gasteiger partial charge in [0.1, 0.15) is 24.2 Å². The van der Waals surface area contributed by atoms with Crippen molar-refractivity contribution in [1.82, 2.24) is 10.2 Å². The number of nitrogens with zero attached hydrogens (tertiary/aromatic N) is 1. The van der Waals surface area contributed by atoms with Crippen molar-refractivity contribution in [2.75, 3.05) is 18.8 Å². The molecular formula is C22H28FN3O6S2. The number of aliphatic carboxylic acids is 2. The van der Waals surface area contributed by atoms with Crippen molar-refractivity contribution in [3.05, 3.63) is 47.3 Å². The van der Waals surface area contributed by atoms with E-state index in [1.54, 1.807) is 18.2 Å². The molecule has 0 aliphatic carbocycles. The molecule has 3 unspecified atom stereocenters. The van der Waals surface area contributed by atoms with Gasteiger partial charge < -0.3 is 21.3 Å². The van der Waals surface area contributed by atoms with Gasteiger partial charge in [-0.1, -0.05) is 39.8 Å². The van der Waals surface area contributed by atoms with E-state index in [1.165, 1.54) is 33.7 Å². The molecule has 1 aromatic rings. The third-order valence-corrected chi connectivity index (χ3v) is 8.10. The Hall–Kier alpha value is -2.41. The maximum Gasteiger partial charge on any atom is 0.327 e. The second-order valence-electron chi connectivity index (χ2n) is 7.78. The number of nitrogens with two attached hydrogens (primary N) is 1. The van der Waals surface area contributed by atoms with Crippen LogP contribution in [0.3, 0.4) is 0 Å². The number of amides is 1. The van der Waals surface area contributed by atoms with Crippen molar-refractivity contribution >= 4 is 45.7 Å². The highest BCUT2D eigenvalue weighted by atomic mass is 33.1. The number of aldehydes is 1. The fourth-order valence-electron chi connectivity index (χ4n) is 3.32. The number of carboxylic acid groups (broad SMARTS) is 2. The molecule has 12 heteroatoms. The van der Waals surface area contributed by atoms with E-state index in [0.717, 1.165) is 5.57 Å². The Morgan fingerprint density at radius 1 is 1.26 bits per heavy atom. The lowest BCUT2D eigenvalue weighted by atomic mass is 10.0. The number of benzene rings is 1. The highest BCUT2D eigenvalue weighted by Gasteiger charge is 2.27. The Labute approximate surface area is 204 Å². The number of carboxylic acids is 2. The summed E-state index contributed by atoms with van der Waals surface area (Å²) in [5.74, 6) is -3.21. The van der Waals surface area contributed by atoms with Gasteiger partial charge in [-0.15, -0.1) is 0 Å². The standard InChI is InChI=1S/C22H28FN3O6S2/c23-16-4-2-1-3-14(16)11-26-9-7-19(15(12-26)8-10-27)34-33-13-18(22(31)32)25-20(28)6-5-17(24)21(29)30/h1-4,8,10,17-19H,5-7,9,11-13,24H2,(H,25,28)(H,29,30)(H,31,32)/b15-8-. The number of likely N-dealkylation sites (tertiary alicyclic amines) is 1. The van der Waals surface area contributed by atoms with Gasteiger partial charge in [-0.25, -0.2) is 9.18 Å². The molecule has 1 aliphatic rings. The minimum atomic E-state index is -1.23. The van der Waals surface area contributed by atoms with Gasteiger partial charge >= 0.3 is 11.9 Å². The molecule has 1 fully saturated rings. The predicted molar refractivity (Wildman–Crippen MR) is 129 cm³/mol. The van der Waals surface area contributed by atoms with Gasteiger partial charge in [0, 0.05) is 42.6 Å². The number of carbonyl (C=O) groups excluding carboxylic acids is 2. The van der Waals surface area contributed by atoms with Crippen LogP contribution in [0.5, 0.6) is 0 Å². The van der Waals surface area contributed by atoms with Crippen molar-refractivity contribution in [2.45, 2.75) is 43.1 Å². The molecule has 3 atom stereocenters. The van der Waals surface area contributed by atoms with Crippen LogP contribution in [-0.2, 0) is 25.7 Å². The number of piperidine rings is 1. The first kappa shape index (κ1) is 27.8. The van der Waals surface area contributed by atoms with Gasteiger partial charge in [-0.2, -0.15) is 0 Å². The van der Waals surface area contributed by atoms with Crippen LogP contribution in [0.25, 0.3) is 0 Å². The molecule has 0 saturated carbocycles. The van der Waals surface area contributed by atoms with E-state index in [-0.39, 0.29) is 29.7 Å². The van der Waals surface area contributed by atoms with Crippen LogP contribution in [0.1, 0.15) is 24.8 Å². The van der Waals surface area contributed by atoms with Gasteiger partial charge in [-0.3, -0.25) is 19.3 Å². The van der Waals surface area contributed by atoms with Crippen molar-refractivity contribution in [1.29, 1.82) is 0 Å². The summed E-state index contributed by atoms with van der Waals surface area (Å²) in [4.78, 5) is 47.4. The quantitative estimate of drug-likeness (QED) is 0.174. The lowest BCUT2D eigenvalue weighted by Gasteiger charge is -2.33. The number of hydrogen-bond donors (Lipinski definition) is 4. The minimum Gasteiger partial charge on any atom is -0.480 e. The molecule has 5 N–H and O–H groups in total. The minimum absolute atomic E-state index is 0.0224. The maximum absolute atomic E-state index is 14.0. The lowest BCUT2D eigenvalue weighted by molar-refractivity contribution is -0.141. The van der Waals surface area contributed by atoms with Crippen molar-refractivity contribution < 1.29 is 33.8 Å². The smallest absolute Gasteiger partial charge is 0.327 e. The number of allylic oxidation sites excluding steroid dienone is 1. The molecule has 2 rings (SSSR count). The Kier molecular flexibility index (Phi) is 11.5. The van der Waals surface area contributed by atoms with E-state index in [1.807, 2.05) is 0 Å². The van der Waals surface area contributed by atoms with Crippen LogP contribution in [0.15, 0.2) is 35.9 Å². The zero-order valence-electron chi connectivity index (χ0n) is 18.4. The first-order valence-corrected chi connectivity index (χ1v) is 13.0. The Morgan fingerprint density at radius 2 is 2.00 bits per heavy atom. The van der Waals surface area contributed by atoms with E-state index in [4.69, 9.17) is 10.8 Å². The molecule has 1 aliphatic heterocycles. The molecule has 0 radical (unpaired) electrons. The van der Waals surface area contributed by atoms with E-state index in [2.05, 4.69) is 10.2 Å². The van der Waals surface area contributed by atoms with Crippen LogP contribution in [-0.4, -0.2) is 75.4 Å². The number of halogens is 1. The zero-order chi connectivity index (χ0) is 25.1. The topological polar surface area (TPSA) is 150 Å². The first-order chi connectivity index (χ1) is 16.2. The highest BCUT2D eigenvalue weighted by Crippen LogP contribution is 2.36. The Bertz CT molecular complexity index is 916. The lowest BCUT2D eigenvalue weighted by Crippen LogP contribution is -2.43. The molecule has 34 heavy (non-hydrogen) atoms. The third-order valence-electron chi connectivity index (χ3n) is 5.21. The summed E-state index contributed by atoms with van der Waals surface area (Å²) in [6.45, 7) is 1.60. The number of hydrogen-bond acceptors (Lipinski definition) is 8. The molecular weight excluding hydrogens is 485 g/mol. The van der Waals surface area contributed by atoms with Gasteiger partial charge in [0.05, 0.1) is 0 Å². The number of rotatable bonds is 13. The molecule has 0 bridgehead atoms. The summed E-state index contributed by atoms with van der Waals surface area (Å²) in [6.07, 6.45) is 2.61. The molecule has 186 valence electrons. The normalized spacial score (nSPS) is 19.4. The molecule has 1 heterocycles. The second-order valence-corrected chi connectivity index (χ2v) is 10.4. The summed E-state index contributed by atoms with van der Waals surface area (Å²) >= 11 is 0. The van der Waals surface area contributed by atoms with Crippen molar-refractivity contribution in [3.8, 4) is 0 Å². The number of nitrogens with one attached hydrogen (secondary N) is 1. The van der Waals surface area contributed by atoms with Crippen LogP contribution in [0.2, 0.25) is 0 Å². The monoisotopic (exact) mass is 513 g/mol. The summed E-state index contributed by atoms with van der Waals surface area (Å²) in [6, 6.07) is 4.21. The predicted octanol–water partition coefficient (Wildman–Crippen LogP) is 1.67. The first-order valence-electron chi connectivity index (χ1n) is 10.6. The summed E-state index contributed by atoms with van der Waals surface area (Å²) < 4.78 is 14.0. The number of carbonyl (C=O) groups is 4. The summed E-state index contributed by atoms with van der Waals surface area (Å²) in [5, 5.41) is 20.5. The van der Waals surface area contributed by atoms with Crippen molar-refractivity contribution in [2.24, 2.45) is 5.73 Å². The molecule has 0 aromatic heterocycles.